The van der Waals surface area contributed by atoms with Gasteiger partial charge in [-0.1, -0.05) is 37.6 Å². The number of anilines is 1. The van der Waals surface area contributed by atoms with E-state index in [1.165, 1.54) is 18.2 Å². The van der Waals surface area contributed by atoms with Gasteiger partial charge in [0.1, 0.15) is 11.9 Å². The number of hydrogen-bond donors (Lipinski definition) is 2. The van der Waals surface area contributed by atoms with Crippen molar-refractivity contribution in [2.45, 2.75) is 19.9 Å². The van der Waals surface area contributed by atoms with E-state index in [4.69, 9.17) is 11.6 Å². The largest absolute Gasteiger partial charge is 0.340 e. The first-order valence-electron chi connectivity index (χ1n) is 7.61. The smallest absolute Gasteiger partial charge is 0.253 e. The Morgan fingerprint density at radius 1 is 1.16 bits per heavy atom. The summed E-state index contributed by atoms with van der Waals surface area (Å²) in [5.74, 6) is -1.41. The molecule has 25 heavy (non-hydrogen) atoms. The summed E-state index contributed by atoms with van der Waals surface area (Å²) in [4.78, 5) is 25.0. The van der Waals surface area contributed by atoms with E-state index >= 15 is 0 Å². The summed E-state index contributed by atoms with van der Waals surface area (Å²) in [6.07, 6.45) is 0. The zero-order valence-corrected chi connectivity index (χ0v) is 16.0. The Morgan fingerprint density at radius 3 is 2.44 bits per heavy atom. The van der Waals surface area contributed by atoms with E-state index in [0.29, 0.717) is 20.7 Å². The Bertz CT molecular complexity index is 798. The van der Waals surface area contributed by atoms with Gasteiger partial charge in [-0.3, -0.25) is 9.59 Å². The van der Waals surface area contributed by atoms with Gasteiger partial charge in [0.2, 0.25) is 5.91 Å². The van der Waals surface area contributed by atoms with Crippen molar-refractivity contribution < 1.29 is 14.0 Å². The van der Waals surface area contributed by atoms with Crippen molar-refractivity contribution in [1.29, 1.82) is 0 Å². The molecule has 7 heteroatoms. The van der Waals surface area contributed by atoms with Crippen LogP contribution in [0.4, 0.5) is 10.1 Å². The fourth-order valence-corrected chi connectivity index (χ4v) is 2.87. The van der Waals surface area contributed by atoms with Crippen molar-refractivity contribution in [3.8, 4) is 0 Å². The van der Waals surface area contributed by atoms with Crippen molar-refractivity contribution in [3.05, 3.63) is 63.3 Å². The highest BCUT2D eigenvalue weighted by Gasteiger charge is 2.26. The maximum atomic E-state index is 13.2. The lowest BCUT2D eigenvalue weighted by Crippen LogP contribution is -2.47. The van der Waals surface area contributed by atoms with Crippen LogP contribution in [0.2, 0.25) is 5.02 Å². The Hall–Kier alpha value is -1.92. The van der Waals surface area contributed by atoms with Crippen LogP contribution in [0.15, 0.2) is 46.9 Å². The van der Waals surface area contributed by atoms with Crippen LogP contribution in [0.5, 0.6) is 0 Å². The molecule has 0 spiro atoms. The molecule has 0 fully saturated rings. The van der Waals surface area contributed by atoms with Crippen molar-refractivity contribution in [3.63, 3.8) is 0 Å². The average molecular weight is 428 g/mol. The Kier molecular flexibility index (Phi) is 6.56. The predicted octanol–water partition coefficient (Wildman–Crippen LogP) is 4.63. The van der Waals surface area contributed by atoms with Gasteiger partial charge in [-0.2, -0.15) is 0 Å². The summed E-state index contributed by atoms with van der Waals surface area (Å²) < 4.78 is 13.6. The van der Waals surface area contributed by atoms with Gasteiger partial charge in [-0.05, 0) is 52.2 Å². The van der Waals surface area contributed by atoms with Crippen LogP contribution < -0.4 is 10.6 Å². The molecule has 0 aliphatic rings. The second kappa shape index (κ2) is 8.45. The summed E-state index contributed by atoms with van der Waals surface area (Å²) in [5.41, 5.74) is 0.717. The van der Waals surface area contributed by atoms with Gasteiger partial charge >= 0.3 is 0 Å². The molecule has 0 bridgehead atoms. The van der Waals surface area contributed by atoms with Gasteiger partial charge in [0.05, 0.1) is 16.3 Å². The normalized spacial score (nSPS) is 11.9. The molecule has 132 valence electrons. The molecule has 0 aliphatic carbocycles. The standard InChI is InChI=1S/C18H17BrClFN2O2/c1-10(2)16(23-17(24)12-5-3-4-6-14(12)20)18(25)22-15-8-7-11(21)9-13(15)19/h3-10,16H,1-2H3,(H,22,25)(H,23,24). The minimum absolute atomic E-state index is 0.161. The van der Waals surface area contributed by atoms with Crippen LogP contribution in [0.1, 0.15) is 24.2 Å². The van der Waals surface area contributed by atoms with E-state index in [2.05, 4.69) is 26.6 Å². The van der Waals surface area contributed by atoms with E-state index in [0.717, 1.165) is 0 Å². The minimum atomic E-state index is -0.777. The maximum absolute atomic E-state index is 13.2. The molecular formula is C18H17BrClFN2O2. The summed E-state index contributed by atoms with van der Waals surface area (Å²) in [7, 11) is 0. The lowest BCUT2D eigenvalue weighted by atomic mass is 10.0. The maximum Gasteiger partial charge on any atom is 0.253 e. The third-order valence-corrected chi connectivity index (χ3v) is 4.53. The summed E-state index contributed by atoms with van der Waals surface area (Å²) in [6.45, 7) is 3.63. The molecule has 2 amide bonds. The van der Waals surface area contributed by atoms with Crippen LogP contribution in [0, 0.1) is 11.7 Å². The molecule has 0 saturated heterocycles. The van der Waals surface area contributed by atoms with Gasteiger partial charge in [-0.15, -0.1) is 0 Å². The molecule has 0 saturated carbocycles. The predicted molar refractivity (Wildman–Crippen MR) is 100 cm³/mol. The number of rotatable bonds is 5. The van der Waals surface area contributed by atoms with Crippen LogP contribution in [0.3, 0.4) is 0 Å². The molecular weight excluding hydrogens is 411 g/mol. The molecule has 0 aromatic heterocycles. The van der Waals surface area contributed by atoms with Gasteiger partial charge in [0, 0.05) is 4.47 Å². The number of hydrogen-bond acceptors (Lipinski definition) is 2. The third kappa shape index (κ3) is 5.03. The lowest BCUT2D eigenvalue weighted by Gasteiger charge is -2.22. The molecule has 1 unspecified atom stereocenters. The molecule has 1 atom stereocenters. The SMILES string of the molecule is CC(C)C(NC(=O)c1ccccc1Cl)C(=O)Nc1ccc(F)cc1Br. The fraction of sp³-hybridized carbons (Fsp3) is 0.222. The Morgan fingerprint density at radius 2 is 1.84 bits per heavy atom. The average Bonchev–Trinajstić information content (AvgIpc) is 2.55. The summed E-state index contributed by atoms with van der Waals surface area (Å²) in [6, 6.07) is 9.78. The lowest BCUT2D eigenvalue weighted by molar-refractivity contribution is -0.118. The van der Waals surface area contributed by atoms with Crippen LogP contribution in [-0.2, 0) is 4.79 Å². The highest BCUT2D eigenvalue weighted by molar-refractivity contribution is 9.10. The zero-order valence-electron chi connectivity index (χ0n) is 13.6. The van der Waals surface area contributed by atoms with E-state index in [1.807, 2.05) is 13.8 Å². The van der Waals surface area contributed by atoms with Gasteiger partial charge in [-0.25, -0.2) is 4.39 Å². The number of amides is 2. The Labute approximate surface area is 158 Å². The number of nitrogens with one attached hydrogen (secondary N) is 2. The Balaban J connectivity index is 2.16. The van der Waals surface area contributed by atoms with Crippen LogP contribution in [-0.4, -0.2) is 17.9 Å². The van der Waals surface area contributed by atoms with Crippen LogP contribution >= 0.6 is 27.5 Å². The van der Waals surface area contributed by atoms with Gasteiger partial charge in [0.15, 0.2) is 0 Å². The molecule has 0 heterocycles. The van der Waals surface area contributed by atoms with E-state index in [9.17, 15) is 14.0 Å². The summed E-state index contributed by atoms with van der Waals surface area (Å²) >= 11 is 9.22. The number of carbonyl (C=O) groups is 2. The second-order valence-corrected chi connectivity index (χ2v) is 7.05. The first-order chi connectivity index (χ1) is 11.8. The van der Waals surface area contributed by atoms with E-state index in [1.54, 1.807) is 24.3 Å². The molecule has 0 radical (unpaired) electrons. The number of carbonyl (C=O) groups excluding carboxylic acids is 2. The fourth-order valence-electron chi connectivity index (χ4n) is 2.20. The monoisotopic (exact) mass is 426 g/mol. The van der Waals surface area contributed by atoms with Gasteiger partial charge in [0.25, 0.3) is 5.91 Å². The highest BCUT2D eigenvalue weighted by atomic mass is 79.9. The molecule has 4 nitrogen and oxygen atoms in total. The number of benzene rings is 2. The van der Waals surface area contributed by atoms with Crippen molar-refractivity contribution >= 4 is 45.0 Å². The highest BCUT2D eigenvalue weighted by Crippen LogP contribution is 2.24. The van der Waals surface area contributed by atoms with Crippen molar-refractivity contribution in [2.24, 2.45) is 5.92 Å². The first kappa shape index (κ1) is 19.4. The van der Waals surface area contributed by atoms with Crippen LogP contribution in [0.25, 0.3) is 0 Å². The molecule has 2 aromatic rings. The first-order valence-corrected chi connectivity index (χ1v) is 8.78. The summed E-state index contributed by atoms with van der Waals surface area (Å²) in [5, 5.41) is 5.70. The van der Waals surface area contributed by atoms with Crippen molar-refractivity contribution in [2.75, 3.05) is 5.32 Å². The van der Waals surface area contributed by atoms with Crippen molar-refractivity contribution in [1.82, 2.24) is 5.32 Å². The van der Waals surface area contributed by atoms with E-state index in [-0.39, 0.29) is 5.92 Å². The molecule has 2 N–H and O–H groups in total. The third-order valence-electron chi connectivity index (χ3n) is 3.54. The molecule has 2 rings (SSSR count). The zero-order chi connectivity index (χ0) is 18.6. The number of halogens is 3. The van der Waals surface area contributed by atoms with E-state index < -0.39 is 23.7 Å². The topological polar surface area (TPSA) is 58.2 Å². The van der Waals surface area contributed by atoms with Gasteiger partial charge < -0.3 is 10.6 Å². The quantitative estimate of drug-likeness (QED) is 0.730. The second-order valence-electron chi connectivity index (χ2n) is 5.79. The minimum Gasteiger partial charge on any atom is -0.340 e. The molecule has 0 aliphatic heterocycles. The molecule has 2 aromatic carbocycles.